The molecule has 0 bridgehead atoms. The Morgan fingerprint density at radius 2 is 2.16 bits per heavy atom. The van der Waals surface area contributed by atoms with Gasteiger partial charge in [-0.3, -0.25) is 0 Å². The van der Waals surface area contributed by atoms with Crippen molar-refractivity contribution in [2.75, 3.05) is 0 Å². The summed E-state index contributed by atoms with van der Waals surface area (Å²) in [6.07, 6.45) is 10.0. The predicted octanol–water partition coefficient (Wildman–Crippen LogP) is 4.26. The van der Waals surface area contributed by atoms with Crippen molar-refractivity contribution < 1.29 is 14.6 Å². The van der Waals surface area contributed by atoms with Crippen LogP contribution in [0.4, 0.5) is 0 Å². The van der Waals surface area contributed by atoms with Crippen LogP contribution in [0.1, 0.15) is 42.5 Å². The summed E-state index contributed by atoms with van der Waals surface area (Å²) < 4.78 is 6.90. The van der Waals surface area contributed by atoms with Gasteiger partial charge in [-0.2, -0.15) is 0 Å². The first-order valence-electron chi connectivity index (χ1n) is 6.53. The van der Waals surface area contributed by atoms with Crippen LogP contribution in [0.2, 0.25) is 0 Å². The third kappa shape index (κ3) is 4.23. The smallest absolute Gasteiger partial charge is 0.335 e. The fraction of sp³-hybridized carbons (Fsp3) is 0.400. The Labute approximate surface area is 126 Å². The summed E-state index contributed by atoms with van der Waals surface area (Å²) >= 11 is 2.17. The van der Waals surface area contributed by atoms with Crippen LogP contribution in [0.5, 0.6) is 5.75 Å². The quantitative estimate of drug-likeness (QED) is 0.637. The number of allylic oxidation sites excluding steroid dienone is 1. The molecule has 0 saturated heterocycles. The van der Waals surface area contributed by atoms with E-state index in [1.165, 1.54) is 12.8 Å². The maximum absolute atomic E-state index is 11.0. The topological polar surface area (TPSA) is 46.5 Å². The molecular weight excluding hydrogens is 355 g/mol. The lowest BCUT2D eigenvalue weighted by molar-refractivity contribution is 0.0696. The largest absolute Gasteiger partial charge is 0.485 e. The third-order valence-corrected chi connectivity index (χ3v) is 4.06. The molecule has 0 heterocycles. The summed E-state index contributed by atoms with van der Waals surface area (Å²) in [5.41, 5.74) is 0.269. The van der Waals surface area contributed by atoms with Crippen LogP contribution in [0.15, 0.2) is 30.4 Å². The molecule has 0 aromatic heterocycles. The zero-order chi connectivity index (χ0) is 13.7. The van der Waals surface area contributed by atoms with Crippen molar-refractivity contribution in [1.29, 1.82) is 0 Å². The van der Waals surface area contributed by atoms with Gasteiger partial charge in [-0.15, -0.1) is 0 Å². The minimum atomic E-state index is -0.922. The van der Waals surface area contributed by atoms with E-state index in [-0.39, 0.29) is 11.7 Å². The van der Waals surface area contributed by atoms with Gasteiger partial charge in [-0.25, -0.2) is 4.79 Å². The van der Waals surface area contributed by atoms with Crippen molar-refractivity contribution in [3.63, 3.8) is 0 Å². The van der Waals surface area contributed by atoms with Gasteiger partial charge in [0.25, 0.3) is 0 Å². The van der Waals surface area contributed by atoms with Crippen LogP contribution < -0.4 is 4.74 Å². The zero-order valence-electron chi connectivity index (χ0n) is 10.6. The maximum atomic E-state index is 11.0. The first-order valence-corrected chi connectivity index (χ1v) is 7.61. The lowest BCUT2D eigenvalue weighted by Gasteiger charge is -2.18. The Morgan fingerprint density at radius 1 is 1.32 bits per heavy atom. The molecular formula is C15H17IO3. The number of hydrogen-bond acceptors (Lipinski definition) is 2. The van der Waals surface area contributed by atoms with Crippen LogP contribution in [0, 0.1) is 3.57 Å². The molecule has 19 heavy (non-hydrogen) atoms. The molecule has 1 unspecified atom stereocenters. The molecule has 3 nitrogen and oxygen atoms in total. The number of carboxylic acid groups (broad SMARTS) is 1. The van der Waals surface area contributed by atoms with Gasteiger partial charge >= 0.3 is 5.97 Å². The van der Waals surface area contributed by atoms with E-state index < -0.39 is 5.97 Å². The van der Waals surface area contributed by atoms with E-state index in [1.54, 1.807) is 18.2 Å². The lowest BCUT2D eigenvalue weighted by atomic mass is 10.0. The molecule has 0 aliphatic heterocycles. The summed E-state index contributed by atoms with van der Waals surface area (Å²) in [5, 5.41) is 9.02. The Morgan fingerprint density at radius 3 is 2.95 bits per heavy atom. The monoisotopic (exact) mass is 372 g/mol. The normalized spacial score (nSPS) is 21.2. The summed E-state index contributed by atoms with van der Waals surface area (Å²) in [4.78, 5) is 11.0. The third-order valence-electron chi connectivity index (χ3n) is 3.17. The summed E-state index contributed by atoms with van der Waals surface area (Å²) in [6.45, 7) is 0. The summed E-state index contributed by atoms with van der Waals surface area (Å²) in [6, 6.07) is 4.99. The number of aromatic carboxylic acids is 1. The SMILES string of the molecule is O=C(O)c1ccc(I)c(OC2/C=C/CCCCC2)c1. The average molecular weight is 372 g/mol. The van der Waals surface area contributed by atoms with Gasteiger partial charge in [0.2, 0.25) is 0 Å². The highest BCUT2D eigenvalue weighted by molar-refractivity contribution is 14.1. The molecule has 1 aliphatic rings. The maximum Gasteiger partial charge on any atom is 0.335 e. The second kappa shape index (κ2) is 6.93. The minimum absolute atomic E-state index is 0.0536. The van der Waals surface area contributed by atoms with Crippen molar-refractivity contribution in [1.82, 2.24) is 0 Å². The molecule has 1 atom stereocenters. The van der Waals surface area contributed by atoms with E-state index in [0.29, 0.717) is 5.75 Å². The van der Waals surface area contributed by atoms with E-state index in [4.69, 9.17) is 9.84 Å². The van der Waals surface area contributed by atoms with Crippen LogP contribution in [-0.2, 0) is 0 Å². The Hall–Kier alpha value is -1.04. The van der Waals surface area contributed by atoms with Gasteiger partial charge in [-0.1, -0.05) is 12.5 Å². The number of ether oxygens (including phenoxy) is 1. The van der Waals surface area contributed by atoms with Crippen LogP contribution >= 0.6 is 22.6 Å². The fourth-order valence-electron chi connectivity index (χ4n) is 2.12. The number of benzene rings is 1. The van der Waals surface area contributed by atoms with Crippen LogP contribution in [-0.4, -0.2) is 17.2 Å². The highest BCUT2D eigenvalue weighted by Gasteiger charge is 2.13. The first kappa shape index (κ1) is 14.4. The highest BCUT2D eigenvalue weighted by atomic mass is 127. The number of halogens is 1. The molecule has 1 aromatic carbocycles. The Balaban J connectivity index is 2.14. The van der Waals surface area contributed by atoms with Gasteiger partial charge in [0.1, 0.15) is 11.9 Å². The summed E-state index contributed by atoms with van der Waals surface area (Å²) in [7, 11) is 0. The zero-order valence-corrected chi connectivity index (χ0v) is 12.8. The molecule has 0 spiro atoms. The molecule has 0 fully saturated rings. The van der Waals surface area contributed by atoms with Gasteiger partial charge in [0.15, 0.2) is 0 Å². The highest BCUT2D eigenvalue weighted by Crippen LogP contribution is 2.25. The Bertz CT molecular complexity index is 482. The average Bonchev–Trinajstić information content (AvgIpc) is 2.34. The van der Waals surface area contributed by atoms with E-state index in [0.717, 1.165) is 22.8 Å². The van der Waals surface area contributed by atoms with Crippen molar-refractivity contribution in [2.45, 2.75) is 38.2 Å². The molecule has 4 heteroatoms. The fourth-order valence-corrected chi connectivity index (χ4v) is 2.58. The van der Waals surface area contributed by atoms with E-state index in [9.17, 15) is 4.79 Å². The van der Waals surface area contributed by atoms with E-state index in [2.05, 4.69) is 34.7 Å². The first-order chi connectivity index (χ1) is 9.16. The van der Waals surface area contributed by atoms with Crippen molar-refractivity contribution in [3.8, 4) is 5.75 Å². The van der Waals surface area contributed by atoms with Crippen molar-refractivity contribution in [2.24, 2.45) is 0 Å². The second-order valence-electron chi connectivity index (χ2n) is 4.67. The van der Waals surface area contributed by atoms with E-state index in [1.807, 2.05) is 0 Å². The van der Waals surface area contributed by atoms with Gasteiger partial charge in [0.05, 0.1) is 9.13 Å². The lowest BCUT2D eigenvalue weighted by Crippen LogP contribution is -2.15. The second-order valence-corrected chi connectivity index (χ2v) is 5.84. The van der Waals surface area contributed by atoms with Crippen molar-refractivity contribution >= 4 is 28.6 Å². The van der Waals surface area contributed by atoms with Gasteiger partial charge in [-0.05, 0) is 72.5 Å². The van der Waals surface area contributed by atoms with Crippen molar-refractivity contribution in [3.05, 3.63) is 39.5 Å². The number of hydrogen-bond donors (Lipinski definition) is 1. The van der Waals surface area contributed by atoms with Gasteiger partial charge < -0.3 is 9.84 Å². The Kier molecular flexibility index (Phi) is 5.24. The molecule has 1 N–H and O–H groups in total. The molecule has 102 valence electrons. The van der Waals surface area contributed by atoms with E-state index >= 15 is 0 Å². The predicted molar refractivity (Wildman–Crippen MR) is 82.8 cm³/mol. The number of rotatable bonds is 3. The van der Waals surface area contributed by atoms with Crippen LogP contribution in [0.3, 0.4) is 0 Å². The molecule has 0 radical (unpaired) electrons. The molecule has 2 rings (SSSR count). The minimum Gasteiger partial charge on any atom is -0.485 e. The molecule has 0 saturated carbocycles. The summed E-state index contributed by atoms with van der Waals surface area (Å²) in [5.74, 6) is -0.259. The molecule has 1 aromatic rings. The standard InChI is InChI=1S/C15H17IO3/c16-13-9-8-11(15(17)18)10-14(13)19-12-6-4-2-1-3-5-7-12/h4,6,8-10,12H,1-3,5,7H2,(H,17,18)/b6-4+. The number of carbonyl (C=O) groups is 1. The number of carboxylic acids is 1. The molecule has 0 amide bonds. The molecule has 1 aliphatic carbocycles. The van der Waals surface area contributed by atoms with Gasteiger partial charge in [0, 0.05) is 0 Å². The van der Waals surface area contributed by atoms with Crippen LogP contribution in [0.25, 0.3) is 0 Å².